The first-order valence-electron chi connectivity index (χ1n) is 8.00. The van der Waals surface area contributed by atoms with E-state index in [9.17, 15) is 4.79 Å². The van der Waals surface area contributed by atoms with E-state index in [-0.39, 0.29) is 11.9 Å². The highest BCUT2D eigenvalue weighted by Gasteiger charge is 2.19. The van der Waals surface area contributed by atoms with Crippen LogP contribution in [0.15, 0.2) is 67.0 Å². The van der Waals surface area contributed by atoms with Gasteiger partial charge in [0.25, 0.3) is 0 Å². The minimum Gasteiger partial charge on any atom is -0.339 e. The van der Waals surface area contributed by atoms with Gasteiger partial charge >= 0.3 is 0 Å². The van der Waals surface area contributed by atoms with Gasteiger partial charge in [0, 0.05) is 35.6 Å². The average molecular weight is 386 g/mol. The minimum atomic E-state index is -0.351. The SMILES string of the molecule is Cn1ccnc1C(NC(=O)/C=C/c1cc(Cl)cc(Cl)c1)c1ccccc1. The van der Waals surface area contributed by atoms with Crippen LogP contribution in [0.4, 0.5) is 0 Å². The lowest BCUT2D eigenvalue weighted by atomic mass is 10.1. The summed E-state index contributed by atoms with van der Waals surface area (Å²) >= 11 is 12.0. The van der Waals surface area contributed by atoms with Crippen LogP contribution < -0.4 is 5.32 Å². The lowest BCUT2D eigenvalue weighted by Crippen LogP contribution is -2.29. The Bertz CT molecular complexity index is 915. The molecule has 1 atom stereocenters. The Labute approximate surface area is 162 Å². The molecule has 0 fully saturated rings. The minimum absolute atomic E-state index is 0.238. The van der Waals surface area contributed by atoms with Gasteiger partial charge in [-0.1, -0.05) is 53.5 Å². The highest BCUT2D eigenvalue weighted by Crippen LogP contribution is 2.21. The van der Waals surface area contributed by atoms with Gasteiger partial charge in [-0.25, -0.2) is 4.98 Å². The zero-order valence-electron chi connectivity index (χ0n) is 14.1. The molecule has 1 heterocycles. The van der Waals surface area contributed by atoms with E-state index in [0.717, 1.165) is 17.0 Å². The third-order valence-electron chi connectivity index (χ3n) is 3.85. The third kappa shape index (κ3) is 4.54. The summed E-state index contributed by atoms with van der Waals surface area (Å²) in [5.41, 5.74) is 1.71. The van der Waals surface area contributed by atoms with Crippen molar-refractivity contribution in [1.82, 2.24) is 14.9 Å². The van der Waals surface area contributed by atoms with Crippen LogP contribution in [0.25, 0.3) is 6.08 Å². The smallest absolute Gasteiger partial charge is 0.244 e. The summed E-state index contributed by atoms with van der Waals surface area (Å²) in [5, 5.41) is 4.04. The first-order chi connectivity index (χ1) is 12.5. The second-order valence-corrected chi connectivity index (χ2v) is 6.66. The number of benzene rings is 2. The summed E-state index contributed by atoms with van der Waals surface area (Å²) in [6.45, 7) is 0. The number of rotatable bonds is 5. The fourth-order valence-corrected chi connectivity index (χ4v) is 3.17. The zero-order chi connectivity index (χ0) is 18.5. The molecule has 2 aromatic carbocycles. The first-order valence-corrected chi connectivity index (χ1v) is 8.75. The van der Waals surface area contributed by atoms with Crippen LogP contribution in [0, 0.1) is 0 Å². The molecule has 6 heteroatoms. The van der Waals surface area contributed by atoms with E-state index in [1.165, 1.54) is 6.08 Å². The monoisotopic (exact) mass is 385 g/mol. The van der Waals surface area contributed by atoms with E-state index in [1.807, 2.05) is 48.1 Å². The number of amides is 1. The van der Waals surface area contributed by atoms with Crippen molar-refractivity contribution in [3.05, 3.63) is 94.0 Å². The van der Waals surface area contributed by atoms with Crippen molar-refractivity contribution in [2.24, 2.45) is 7.05 Å². The number of nitrogens with one attached hydrogen (secondary N) is 1. The molecule has 26 heavy (non-hydrogen) atoms. The molecule has 0 aliphatic rings. The molecule has 0 aliphatic heterocycles. The van der Waals surface area contributed by atoms with Gasteiger partial charge in [-0.05, 0) is 35.4 Å². The standard InChI is InChI=1S/C20H17Cl2N3O/c1-25-10-9-23-20(25)19(15-5-3-2-4-6-15)24-18(26)8-7-14-11-16(21)13-17(22)12-14/h2-13,19H,1H3,(H,24,26)/b8-7+. The molecule has 1 unspecified atom stereocenters. The molecule has 1 amide bonds. The highest BCUT2D eigenvalue weighted by molar-refractivity contribution is 6.34. The first kappa shape index (κ1) is 18.2. The number of hydrogen-bond acceptors (Lipinski definition) is 2. The van der Waals surface area contributed by atoms with E-state index in [0.29, 0.717) is 10.0 Å². The molecule has 1 aromatic heterocycles. The summed E-state index contributed by atoms with van der Waals surface area (Å²) in [6.07, 6.45) is 6.69. The molecule has 0 saturated heterocycles. The van der Waals surface area contributed by atoms with Crippen molar-refractivity contribution < 1.29 is 4.79 Å². The van der Waals surface area contributed by atoms with E-state index in [1.54, 1.807) is 30.5 Å². The van der Waals surface area contributed by atoms with Crippen LogP contribution in [-0.2, 0) is 11.8 Å². The maximum absolute atomic E-state index is 12.5. The molecule has 0 bridgehead atoms. The number of nitrogens with zero attached hydrogens (tertiary/aromatic N) is 2. The summed E-state index contributed by atoms with van der Waals surface area (Å²) in [7, 11) is 1.90. The van der Waals surface area contributed by atoms with Gasteiger partial charge < -0.3 is 9.88 Å². The molecular formula is C20H17Cl2N3O. The molecule has 132 valence electrons. The van der Waals surface area contributed by atoms with Gasteiger partial charge in [0.15, 0.2) is 0 Å². The van der Waals surface area contributed by atoms with Crippen LogP contribution >= 0.6 is 23.2 Å². The van der Waals surface area contributed by atoms with Crippen LogP contribution in [0.1, 0.15) is 23.0 Å². The van der Waals surface area contributed by atoms with Crippen molar-refractivity contribution in [1.29, 1.82) is 0 Å². The molecule has 3 rings (SSSR count). The van der Waals surface area contributed by atoms with Crippen LogP contribution in [0.5, 0.6) is 0 Å². The second kappa shape index (κ2) is 8.21. The fourth-order valence-electron chi connectivity index (χ4n) is 2.63. The Hall–Kier alpha value is -2.56. The van der Waals surface area contributed by atoms with Crippen molar-refractivity contribution in [3.63, 3.8) is 0 Å². The van der Waals surface area contributed by atoms with Crippen molar-refractivity contribution >= 4 is 35.2 Å². The van der Waals surface area contributed by atoms with Gasteiger partial charge in [0.2, 0.25) is 5.91 Å². The number of aromatic nitrogens is 2. The van der Waals surface area contributed by atoms with Crippen LogP contribution in [0.3, 0.4) is 0 Å². The number of carbonyl (C=O) groups is 1. The second-order valence-electron chi connectivity index (χ2n) is 5.78. The fraction of sp³-hybridized carbons (Fsp3) is 0.100. The van der Waals surface area contributed by atoms with E-state index < -0.39 is 0 Å². The molecular weight excluding hydrogens is 369 g/mol. The highest BCUT2D eigenvalue weighted by atomic mass is 35.5. The molecule has 3 aromatic rings. The van der Waals surface area contributed by atoms with Crippen LogP contribution in [-0.4, -0.2) is 15.5 Å². The van der Waals surface area contributed by atoms with Crippen molar-refractivity contribution in [2.75, 3.05) is 0 Å². The molecule has 4 nitrogen and oxygen atoms in total. The third-order valence-corrected chi connectivity index (χ3v) is 4.28. The Kier molecular flexibility index (Phi) is 5.76. The molecule has 0 aliphatic carbocycles. The van der Waals surface area contributed by atoms with Crippen molar-refractivity contribution in [3.8, 4) is 0 Å². The van der Waals surface area contributed by atoms with Gasteiger partial charge in [-0.2, -0.15) is 0 Å². The van der Waals surface area contributed by atoms with E-state index in [4.69, 9.17) is 23.2 Å². The predicted molar refractivity (Wildman–Crippen MR) is 105 cm³/mol. The largest absolute Gasteiger partial charge is 0.339 e. The van der Waals surface area contributed by atoms with Gasteiger partial charge in [-0.15, -0.1) is 0 Å². The Morgan fingerprint density at radius 1 is 1.15 bits per heavy atom. The number of aryl methyl sites for hydroxylation is 1. The molecule has 1 N–H and O–H groups in total. The van der Waals surface area contributed by atoms with Crippen LogP contribution in [0.2, 0.25) is 10.0 Å². The Balaban J connectivity index is 1.82. The number of halogens is 2. The lowest BCUT2D eigenvalue weighted by molar-refractivity contribution is -0.117. The maximum atomic E-state index is 12.5. The normalized spacial score (nSPS) is 12.3. The number of hydrogen-bond donors (Lipinski definition) is 1. The number of carbonyl (C=O) groups excluding carboxylic acids is 1. The van der Waals surface area contributed by atoms with Gasteiger partial charge in [0.1, 0.15) is 11.9 Å². The average Bonchev–Trinajstić information content (AvgIpc) is 3.03. The molecule has 0 spiro atoms. The topological polar surface area (TPSA) is 46.9 Å². The predicted octanol–water partition coefficient (Wildman–Crippen LogP) is 4.65. The van der Waals surface area contributed by atoms with Gasteiger partial charge in [-0.3, -0.25) is 4.79 Å². The van der Waals surface area contributed by atoms with E-state index >= 15 is 0 Å². The van der Waals surface area contributed by atoms with E-state index in [2.05, 4.69) is 10.3 Å². The number of imidazole rings is 1. The molecule has 0 radical (unpaired) electrons. The zero-order valence-corrected chi connectivity index (χ0v) is 15.6. The summed E-state index contributed by atoms with van der Waals surface area (Å²) < 4.78 is 1.89. The van der Waals surface area contributed by atoms with Gasteiger partial charge in [0.05, 0.1) is 0 Å². The summed E-state index contributed by atoms with van der Waals surface area (Å²) in [6, 6.07) is 14.5. The Morgan fingerprint density at radius 2 is 1.85 bits per heavy atom. The summed E-state index contributed by atoms with van der Waals surface area (Å²) in [5.74, 6) is 0.515. The molecule has 0 saturated carbocycles. The summed E-state index contributed by atoms with van der Waals surface area (Å²) in [4.78, 5) is 16.9. The quantitative estimate of drug-likeness (QED) is 0.649. The maximum Gasteiger partial charge on any atom is 0.244 e. The Morgan fingerprint density at radius 3 is 2.46 bits per heavy atom. The van der Waals surface area contributed by atoms with Crippen molar-refractivity contribution in [2.45, 2.75) is 6.04 Å². The lowest BCUT2D eigenvalue weighted by Gasteiger charge is -2.18.